The Labute approximate surface area is 90.8 Å². The van der Waals surface area contributed by atoms with E-state index in [1.165, 1.54) is 6.42 Å². The minimum atomic E-state index is 0.753. The highest BCUT2D eigenvalue weighted by Crippen LogP contribution is 2.35. The summed E-state index contributed by atoms with van der Waals surface area (Å²) in [6, 6.07) is 5.85. The zero-order chi connectivity index (χ0) is 10.8. The number of nitrogen functional groups attached to an aromatic ring is 1. The van der Waals surface area contributed by atoms with E-state index < -0.39 is 0 Å². The van der Waals surface area contributed by atoms with Crippen molar-refractivity contribution in [2.24, 2.45) is 5.92 Å². The van der Waals surface area contributed by atoms with E-state index in [0.29, 0.717) is 0 Å². The van der Waals surface area contributed by atoms with Gasteiger partial charge in [0.15, 0.2) is 0 Å². The Morgan fingerprint density at radius 1 is 1.47 bits per heavy atom. The van der Waals surface area contributed by atoms with Gasteiger partial charge in [-0.05, 0) is 24.5 Å². The lowest BCUT2D eigenvalue weighted by Gasteiger charge is -2.41. The van der Waals surface area contributed by atoms with Crippen molar-refractivity contribution in [2.75, 3.05) is 30.8 Å². The van der Waals surface area contributed by atoms with Crippen LogP contribution in [0.1, 0.15) is 13.3 Å². The number of rotatable bonds is 3. The van der Waals surface area contributed by atoms with Crippen molar-refractivity contribution in [2.45, 2.75) is 13.3 Å². The van der Waals surface area contributed by atoms with Crippen molar-refractivity contribution >= 4 is 11.4 Å². The second kappa shape index (κ2) is 4.01. The lowest BCUT2D eigenvalue weighted by atomic mass is 9.96. The van der Waals surface area contributed by atoms with Crippen LogP contribution in [-0.2, 0) is 0 Å². The molecule has 1 heterocycles. The van der Waals surface area contributed by atoms with Crippen molar-refractivity contribution in [3.8, 4) is 5.75 Å². The molecule has 0 amide bonds. The van der Waals surface area contributed by atoms with Gasteiger partial charge in [-0.3, -0.25) is 0 Å². The van der Waals surface area contributed by atoms with Gasteiger partial charge >= 0.3 is 0 Å². The molecule has 1 aliphatic rings. The van der Waals surface area contributed by atoms with Gasteiger partial charge in [0, 0.05) is 24.8 Å². The molecule has 0 spiro atoms. The Balaban J connectivity index is 2.15. The molecular weight excluding hydrogens is 188 g/mol. The van der Waals surface area contributed by atoms with Crippen molar-refractivity contribution in [1.29, 1.82) is 0 Å². The average Bonchev–Trinajstić information content (AvgIpc) is 2.18. The fourth-order valence-electron chi connectivity index (χ4n) is 1.98. The Morgan fingerprint density at radius 2 is 2.20 bits per heavy atom. The van der Waals surface area contributed by atoms with Crippen LogP contribution in [0.4, 0.5) is 11.4 Å². The molecule has 0 unspecified atom stereocenters. The molecule has 0 atom stereocenters. The van der Waals surface area contributed by atoms with Crippen LogP contribution in [-0.4, -0.2) is 20.2 Å². The molecule has 1 aromatic carbocycles. The highest BCUT2D eigenvalue weighted by Gasteiger charge is 2.26. The summed E-state index contributed by atoms with van der Waals surface area (Å²) in [5, 5.41) is 0. The minimum Gasteiger partial charge on any atom is -0.495 e. The van der Waals surface area contributed by atoms with Crippen LogP contribution in [0.5, 0.6) is 5.75 Å². The fraction of sp³-hybridized carbons (Fsp3) is 0.500. The van der Waals surface area contributed by atoms with Crippen LogP contribution in [0.25, 0.3) is 0 Å². The van der Waals surface area contributed by atoms with Gasteiger partial charge in [0.25, 0.3) is 0 Å². The van der Waals surface area contributed by atoms with Crippen LogP contribution in [0.15, 0.2) is 18.2 Å². The van der Waals surface area contributed by atoms with E-state index in [0.717, 1.165) is 36.1 Å². The molecule has 0 aliphatic carbocycles. The topological polar surface area (TPSA) is 38.5 Å². The lowest BCUT2D eigenvalue weighted by molar-refractivity contribution is 0.380. The number of nitrogens with two attached hydrogens (primary N) is 1. The van der Waals surface area contributed by atoms with Crippen LogP contribution in [0.3, 0.4) is 0 Å². The number of methoxy groups -OCH3 is 1. The SMILES string of the molecule is CCC1CN(c2ccc(N)cc2OC)C1. The second-order valence-electron chi connectivity index (χ2n) is 4.11. The van der Waals surface area contributed by atoms with Gasteiger partial charge in [0.2, 0.25) is 0 Å². The summed E-state index contributed by atoms with van der Waals surface area (Å²) in [5.74, 6) is 1.72. The minimum absolute atomic E-state index is 0.753. The highest BCUT2D eigenvalue weighted by molar-refractivity contribution is 5.65. The first kappa shape index (κ1) is 10.1. The van der Waals surface area contributed by atoms with Crippen LogP contribution in [0.2, 0.25) is 0 Å². The Kier molecular flexibility index (Phi) is 2.71. The molecule has 1 aromatic rings. The molecule has 82 valence electrons. The number of ether oxygens (including phenoxy) is 1. The van der Waals surface area contributed by atoms with Gasteiger partial charge < -0.3 is 15.4 Å². The summed E-state index contributed by atoms with van der Waals surface area (Å²) in [6.45, 7) is 4.51. The molecule has 3 nitrogen and oxygen atoms in total. The zero-order valence-electron chi connectivity index (χ0n) is 9.36. The number of hydrogen-bond donors (Lipinski definition) is 1. The first-order chi connectivity index (χ1) is 7.24. The van der Waals surface area contributed by atoms with E-state index >= 15 is 0 Å². The predicted octanol–water partition coefficient (Wildman–Crippen LogP) is 2.12. The van der Waals surface area contributed by atoms with Gasteiger partial charge in [-0.15, -0.1) is 0 Å². The van der Waals surface area contributed by atoms with Gasteiger partial charge in [0.1, 0.15) is 5.75 Å². The molecule has 0 bridgehead atoms. The number of hydrogen-bond acceptors (Lipinski definition) is 3. The normalized spacial score (nSPS) is 16.3. The van der Waals surface area contributed by atoms with E-state index in [4.69, 9.17) is 10.5 Å². The Bertz CT molecular complexity index is 345. The first-order valence-electron chi connectivity index (χ1n) is 5.43. The van der Waals surface area contributed by atoms with Crippen LogP contribution < -0.4 is 15.4 Å². The molecular formula is C12H18N2O. The zero-order valence-corrected chi connectivity index (χ0v) is 9.36. The van der Waals surface area contributed by atoms with Crippen molar-refractivity contribution in [3.63, 3.8) is 0 Å². The number of nitrogens with zero attached hydrogens (tertiary/aromatic N) is 1. The standard InChI is InChI=1S/C12H18N2O/c1-3-9-7-14(8-9)11-5-4-10(13)6-12(11)15-2/h4-6,9H,3,7-8,13H2,1-2H3. The molecule has 0 radical (unpaired) electrons. The average molecular weight is 206 g/mol. The van der Waals surface area contributed by atoms with Crippen molar-refractivity contribution in [3.05, 3.63) is 18.2 Å². The second-order valence-corrected chi connectivity index (χ2v) is 4.11. The fourth-order valence-corrected chi connectivity index (χ4v) is 1.98. The molecule has 1 fully saturated rings. The molecule has 0 saturated carbocycles. The lowest BCUT2D eigenvalue weighted by Crippen LogP contribution is -2.46. The van der Waals surface area contributed by atoms with Gasteiger partial charge in [-0.25, -0.2) is 0 Å². The molecule has 1 saturated heterocycles. The van der Waals surface area contributed by atoms with Crippen molar-refractivity contribution < 1.29 is 4.74 Å². The summed E-state index contributed by atoms with van der Waals surface area (Å²) in [7, 11) is 1.69. The van der Waals surface area contributed by atoms with Crippen molar-refractivity contribution in [1.82, 2.24) is 0 Å². The molecule has 1 aliphatic heterocycles. The van der Waals surface area contributed by atoms with Gasteiger partial charge in [-0.2, -0.15) is 0 Å². The third kappa shape index (κ3) is 1.87. The van der Waals surface area contributed by atoms with E-state index in [1.807, 2.05) is 18.2 Å². The van der Waals surface area contributed by atoms with E-state index in [1.54, 1.807) is 7.11 Å². The maximum absolute atomic E-state index is 5.72. The highest BCUT2D eigenvalue weighted by atomic mass is 16.5. The number of anilines is 2. The van der Waals surface area contributed by atoms with Gasteiger partial charge in [-0.1, -0.05) is 6.92 Å². The first-order valence-corrected chi connectivity index (χ1v) is 5.43. The summed E-state index contributed by atoms with van der Waals surface area (Å²) in [6.07, 6.45) is 1.26. The Morgan fingerprint density at radius 3 is 2.80 bits per heavy atom. The molecule has 3 heteroatoms. The summed E-state index contributed by atoms with van der Waals surface area (Å²) < 4.78 is 5.33. The van der Waals surface area contributed by atoms with Gasteiger partial charge in [0.05, 0.1) is 12.8 Å². The third-order valence-electron chi connectivity index (χ3n) is 3.08. The van der Waals surface area contributed by atoms with E-state index in [2.05, 4.69) is 11.8 Å². The predicted molar refractivity (Wildman–Crippen MR) is 63.4 cm³/mol. The van der Waals surface area contributed by atoms with Crippen LogP contribution in [0, 0.1) is 5.92 Å². The largest absolute Gasteiger partial charge is 0.495 e. The maximum Gasteiger partial charge on any atom is 0.144 e. The van der Waals surface area contributed by atoms with E-state index in [9.17, 15) is 0 Å². The van der Waals surface area contributed by atoms with Crippen LogP contribution >= 0.6 is 0 Å². The molecule has 2 rings (SSSR count). The molecule has 15 heavy (non-hydrogen) atoms. The smallest absolute Gasteiger partial charge is 0.144 e. The monoisotopic (exact) mass is 206 g/mol. The third-order valence-corrected chi connectivity index (χ3v) is 3.08. The summed E-state index contributed by atoms with van der Waals surface area (Å²) in [4.78, 5) is 2.34. The molecule has 0 aromatic heterocycles. The quantitative estimate of drug-likeness (QED) is 0.770. The molecule has 2 N–H and O–H groups in total. The summed E-state index contributed by atoms with van der Waals surface area (Å²) >= 11 is 0. The number of benzene rings is 1. The van der Waals surface area contributed by atoms with E-state index in [-0.39, 0.29) is 0 Å². The Hall–Kier alpha value is -1.38. The maximum atomic E-state index is 5.72. The summed E-state index contributed by atoms with van der Waals surface area (Å²) in [5.41, 5.74) is 7.63.